The van der Waals surface area contributed by atoms with E-state index in [9.17, 15) is 0 Å². The zero-order valence-corrected chi connectivity index (χ0v) is 9.96. The summed E-state index contributed by atoms with van der Waals surface area (Å²) in [5.74, 6) is 0.840. The van der Waals surface area contributed by atoms with E-state index in [0.717, 1.165) is 17.2 Å². The van der Waals surface area contributed by atoms with E-state index < -0.39 is 0 Å². The third kappa shape index (κ3) is 1.86. The largest absolute Gasteiger partial charge is 0.344 e. The van der Waals surface area contributed by atoms with Crippen LogP contribution in [0.5, 0.6) is 0 Å². The first-order valence-electron chi connectivity index (χ1n) is 5.45. The first kappa shape index (κ1) is 10.9. The average molecular weight is 215 g/mol. The van der Waals surface area contributed by atoms with E-state index in [1.54, 1.807) is 0 Å². The number of aryl methyl sites for hydroxylation is 3. The molecule has 3 nitrogen and oxygen atoms in total. The molecule has 1 aromatic carbocycles. The number of H-pyrrole nitrogens is 1. The molecule has 0 aliphatic carbocycles. The minimum atomic E-state index is 0.450. The molecule has 1 heterocycles. The van der Waals surface area contributed by atoms with E-state index in [-0.39, 0.29) is 0 Å². The van der Waals surface area contributed by atoms with E-state index in [2.05, 4.69) is 42.0 Å². The van der Waals surface area contributed by atoms with Crippen LogP contribution in [0, 0.1) is 20.8 Å². The molecule has 0 fully saturated rings. The molecule has 0 bridgehead atoms. The Hall–Kier alpha value is -1.61. The number of aromatic amines is 1. The summed E-state index contributed by atoms with van der Waals surface area (Å²) in [6.45, 7) is 6.69. The van der Waals surface area contributed by atoms with Crippen molar-refractivity contribution in [2.45, 2.75) is 27.3 Å². The van der Waals surface area contributed by atoms with Crippen LogP contribution in [0.1, 0.15) is 22.6 Å². The van der Waals surface area contributed by atoms with E-state index >= 15 is 0 Å². The fraction of sp³-hybridized carbons (Fsp3) is 0.308. The van der Waals surface area contributed by atoms with Crippen molar-refractivity contribution in [1.29, 1.82) is 0 Å². The van der Waals surface area contributed by atoms with Crippen LogP contribution in [0.15, 0.2) is 18.2 Å². The Kier molecular flexibility index (Phi) is 2.79. The van der Waals surface area contributed by atoms with Crippen molar-refractivity contribution in [2.24, 2.45) is 5.73 Å². The highest BCUT2D eigenvalue weighted by molar-refractivity contribution is 5.66. The van der Waals surface area contributed by atoms with Crippen molar-refractivity contribution in [1.82, 2.24) is 9.97 Å². The van der Waals surface area contributed by atoms with Gasteiger partial charge in [0.05, 0.1) is 12.2 Å². The minimum Gasteiger partial charge on any atom is -0.344 e. The van der Waals surface area contributed by atoms with Gasteiger partial charge in [-0.3, -0.25) is 0 Å². The van der Waals surface area contributed by atoms with Gasteiger partial charge in [0.1, 0.15) is 5.82 Å². The molecule has 0 unspecified atom stereocenters. The van der Waals surface area contributed by atoms with Crippen molar-refractivity contribution >= 4 is 0 Å². The number of aromatic nitrogens is 2. The molecular weight excluding hydrogens is 198 g/mol. The second-order valence-electron chi connectivity index (χ2n) is 4.18. The third-order valence-electron chi connectivity index (χ3n) is 2.76. The average Bonchev–Trinajstić information content (AvgIpc) is 2.60. The highest BCUT2D eigenvalue weighted by Crippen LogP contribution is 2.25. The molecule has 2 rings (SSSR count). The Balaban J connectivity index is 2.53. The number of nitrogens with zero attached hydrogens (tertiary/aromatic N) is 1. The third-order valence-corrected chi connectivity index (χ3v) is 2.76. The zero-order chi connectivity index (χ0) is 11.7. The molecule has 3 heteroatoms. The number of nitrogens with two attached hydrogens (primary N) is 1. The maximum absolute atomic E-state index is 5.58. The summed E-state index contributed by atoms with van der Waals surface area (Å²) in [7, 11) is 0. The molecule has 16 heavy (non-hydrogen) atoms. The van der Waals surface area contributed by atoms with Gasteiger partial charge in [0.15, 0.2) is 0 Å². The van der Waals surface area contributed by atoms with Gasteiger partial charge < -0.3 is 10.7 Å². The Morgan fingerprint density at radius 3 is 2.56 bits per heavy atom. The van der Waals surface area contributed by atoms with Gasteiger partial charge in [0, 0.05) is 11.3 Å². The molecule has 0 amide bonds. The van der Waals surface area contributed by atoms with Crippen molar-refractivity contribution in [3.63, 3.8) is 0 Å². The van der Waals surface area contributed by atoms with Crippen molar-refractivity contribution in [3.05, 3.63) is 40.8 Å². The predicted octanol–water partition coefficient (Wildman–Crippen LogP) is 2.46. The zero-order valence-electron chi connectivity index (χ0n) is 9.96. The molecule has 0 saturated carbocycles. The lowest BCUT2D eigenvalue weighted by atomic mass is 10.0. The highest BCUT2D eigenvalue weighted by Gasteiger charge is 2.10. The summed E-state index contributed by atoms with van der Waals surface area (Å²) in [4.78, 5) is 7.71. The van der Waals surface area contributed by atoms with Gasteiger partial charge in [0.2, 0.25) is 0 Å². The lowest BCUT2D eigenvalue weighted by Gasteiger charge is -2.04. The van der Waals surface area contributed by atoms with Crippen LogP contribution in [-0.4, -0.2) is 9.97 Å². The first-order chi connectivity index (χ1) is 7.61. The highest BCUT2D eigenvalue weighted by atomic mass is 15.0. The lowest BCUT2D eigenvalue weighted by Crippen LogP contribution is -1.98. The van der Waals surface area contributed by atoms with Crippen LogP contribution in [0.3, 0.4) is 0 Å². The van der Waals surface area contributed by atoms with Gasteiger partial charge in [-0.05, 0) is 26.3 Å². The van der Waals surface area contributed by atoms with Crippen molar-refractivity contribution in [2.75, 3.05) is 0 Å². The maximum atomic E-state index is 5.58. The van der Waals surface area contributed by atoms with Crippen molar-refractivity contribution in [3.8, 4) is 11.3 Å². The lowest BCUT2D eigenvalue weighted by molar-refractivity contribution is 0.944. The Morgan fingerprint density at radius 2 is 2.00 bits per heavy atom. The van der Waals surface area contributed by atoms with E-state index in [1.807, 2.05) is 6.92 Å². The summed E-state index contributed by atoms with van der Waals surface area (Å²) in [5.41, 5.74) is 11.4. The van der Waals surface area contributed by atoms with Crippen LogP contribution in [0.4, 0.5) is 0 Å². The number of benzene rings is 1. The number of rotatable bonds is 2. The summed E-state index contributed by atoms with van der Waals surface area (Å²) >= 11 is 0. The molecule has 84 valence electrons. The molecule has 0 radical (unpaired) electrons. The van der Waals surface area contributed by atoms with Crippen LogP contribution in [0.25, 0.3) is 11.3 Å². The Morgan fingerprint density at radius 1 is 1.25 bits per heavy atom. The van der Waals surface area contributed by atoms with Crippen LogP contribution < -0.4 is 5.73 Å². The Bertz CT molecular complexity index is 512. The van der Waals surface area contributed by atoms with Crippen LogP contribution in [-0.2, 0) is 6.54 Å². The second-order valence-corrected chi connectivity index (χ2v) is 4.18. The normalized spacial score (nSPS) is 10.8. The smallest absolute Gasteiger partial charge is 0.120 e. The number of hydrogen-bond acceptors (Lipinski definition) is 2. The first-order valence-corrected chi connectivity index (χ1v) is 5.45. The number of imidazole rings is 1. The molecular formula is C13H17N3. The van der Waals surface area contributed by atoms with Gasteiger partial charge in [0.25, 0.3) is 0 Å². The maximum Gasteiger partial charge on any atom is 0.120 e. The Labute approximate surface area is 95.7 Å². The standard InChI is InChI=1S/C13H17N3/c1-8-4-5-11(9(2)6-8)13-10(3)15-12(7-14)16-13/h4-6H,7,14H2,1-3H3,(H,15,16). The van der Waals surface area contributed by atoms with Gasteiger partial charge in [-0.2, -0.15) is 0 Å². The fourth-order valence-corrected chi connectivity index (χ4v) is 1.96. The number of nitrogens with one attached hydrogen (secondary N) is 1. The van der Waals surface area contributed by atoms with Crippen molar-refractivity contribution < 1.29 is 0 Å². The second kappa shape index (κ2) is 4.10. The van der Waals surface area contributed by atoms with Gasteiger partial charge in [-0.15, -0.1) is 0 Å². The molecule has 3 N–H and O–H groups in total. The quantitative estimate of drug-likeness (QED) is 0.808. The molecule has 0 aliphatic rings. The summed E-state index contributed by atoms with van der Waals surface area (Å²) in [6.07, 6.45) is 0. The summed E-state index contributed by atoms with van der Waals surface area (Å²) < 4.78 is 0. The summed E-state index contributed by atoms with van der Waals surface area (Å²) in [5, 5.41) is 0. The van der Waals surface area contributed by atoms with Gasteiger partial charge >= 0.3 is 0 Å². The number of hydrogen-bond donors (Lipinski definition) is 2. The molecule has 0 atom stereocenters. The fourth-order valence-electron chi connectivity index (χ4n) is 1.96. The van der Waals surface area contributed by atoms with Crippen LogP contribution >= 0.6 is 0 Å². The van der Waals surface area contributed by atoms with E-state index in [4.69, 9.17) is 5.73 Å². The molecule has 0 aliphatic heterocycles. The predicted molar refractivity (Wildman–Crippen MR) is 66.1 cm³/mol. The molecule has 1 aromatic heterocycles. The van der Waals surface area contributed by atoms with E-state index in [1.165, 1.54) is 16.7 Å². The molecule has 0 saturated heterocycles. The molecule has 2 aromatic rings. The topological polar surface area (TPSA) is 54.7 Å². The van der Waals surface area contributed by atoms with Crippen LogP contribution in [0.2, 0.25) is 0 Å². The van der Waals surface area contributed by atoms with Gasteiger partial charge in [-0.25, -0.2) is 4.98 Å². The van der Waals surface area contributed by atoms with E-state index in [0.29, 0.717) is 6.54 Å². The minimum absolute atomic E-state index is 0.450. The molecule has 0 spiro atoms. The monoisotopic (exact) mass is 215 g/mol. The summed E-state index contributed by atoms with van der Waals surface area (Å²) in [6, 6.07) is 6.40. The SMILES string of the molecule is Cc1ccc(-c2nc(CN)[nH]c2C)c(C)c1. The van der Waals surface area contributed by atoms with Gasteiger partial charge in [-0.1, -0.05) is 23.8 Å².